The molecule has 0 aliphatic carbocycles. The van der Waals surface area contributed by atoms with Gasteiger partial charge in [-0.1, -0.05) is 47.5 Å². The van der Waals surface area contributed by atoms with Gasteiger partial charge in [-0.25, -0.2) is 0 Å². The quantitative estimate of drug-likeness (QED) is 0.940. The van der Waals surface area contributed by atoms with E-state index in [0.29, 0.717) is 0 Å². The van der Waals surface area contributed by atoms with Crippen LogP contribution in [0.3, 0.4) is 0 Å². The summed E-state index contributed by atoms with van der Waals surface area (Å²) in [6, 6.07) is 16.8. The zero-order valence-electron chi connectivity index (χ0n) is 14.5. The molecule has 2 aromatic carbocycles. The second-order valence-corrected chi connectivity index (χ2v) is 7.00. The number of likely N-dealkylation sites (tertiary alicyclic amines) is 1. The molecule has 1 aliphatic heterocycles. The Hall–Kier alpha value is -2.13. The number of benzene rings is 2. The summed E-state index contributed by atoms with van der Waals surface area (Å²) in [5, 5.41) is 0. The van der Waals surface area contributed by atoms with Crippen molar-refractivity contribution in [2.75, 3.05) is 6.54 Å². The van der Waals surface area contributed by atoms with E-state index in [4.69, 9.17) is 5.73 Å². The first-order valence-electron chi connectivity index (χ1n) is 8.71. The molecule has 3 rings (SSSR count). The first kappa shape index (κ1) is 16.7. The monoisotopic (exact) mass is 322 g/mol. The van der Waals surface area contributed by atoms with Crippen molar-refractivity contribution in [3.05, 3.63) is 70.8 Å². The summed E-state index contributed by atoms with van der Waals surface area (Å²) in [5.41, 5.74) is 10.5. The smallest absolute Gasteiger partial charge is 0.254 e. The minimum Gasteiger partial charge on any atom is -0.335 e. The molecular weight excluding hydrogens is 296 g/mol. The number of rotatable bonds is 3. The maximum Gasteiger partial charge on any atom is 0.254 e. The van der Waals surface area contributed by atoms with E-state index in [0.717, 1.165) is 42.5 Å². The Morgan fingerprint density at radius 3 is 2.46 bits per heavy atom. The number of amides is 1. The maximum atomic E-state index is 13.1. The molecule has 0 radical (unpaired) electrons. The minimum atomic E-state index is 0.134. The maximum absolute atomic E-state index is 13.1. The third-order valence-corrected chi connectivity index (χ3v) is 4.80. The molecule has 2 N–H and O–H groups in total. The Labute approximate surface area is 144 Å². The van der Waals surface area contributed by atoms with Crippen LogP contribution in [0.1, 0.15) is 39.9 Å². The second kappa shape index (κ2) is 7.18. The molecule has 1 amide bonds. The van der Waals surface area contributed by atoms with Crippen LogP contribution in [0.5, 0.6) is 0 Å². The number of nitrogens with zero attached hydrogens (tertiary/aromatic N) is 1. The van der Waals surface area contributed by atoms with Crippen molar-refractivity contribution in [2.45, 2.75) is 45.2 Å². The minimum absolute atomic E-state index is 0.134. The fourth-order valence-corrected chi connectivity index (χ4v) is 3.69. The standard InChI is InChI=1S/C21H26N2O/c1-15-10-16(2)12-18(11-15)21(24)23-9-8-19(22)14-20(23)13-17-6-4-3-5-7-17/h3-7,10-12,19-20H,8-9,13-14,22H2,1-2H3/t19-,20?/m0/s1. The van der Waals surface area contributed by atoms with Gasteiger partial charge in [-0.05, 0) is 50.8 Å². The van der Waals surface area contributed by atoms with E-state index in [1.54, 1.807) is 0 Å². The van der Waals surface area contributed by atoms with Crippen LogP contribution in [-0.4, -0.2) is 29.4 Å². The largest absolute Gasteiger partial charge is 0.335 e. The highest BCUT2D eigenvalue weighted by molar-refractivity contribution is 5.95. The molecule has 1 aliphatic rings. The van der Waals surface area contributed by atoms with Crippen LogP contribution in [0.2, 0.25) is 0 Å². The Bertz CT molecular complexity index is 691. The van der Waals surface area contributed by atoms with E-state index in [1.165, 1.54) is 5.56 Å². The van der Waals surface area contributed by atoms with Gasteiger partial charge in [0.05, 0.1) is 0 Å². The highest BCUT2D eigenvalue weighted by Gasteiger charge is 2.30. The predicted molar refractivity (Wildman–Crippen MR) is 98.1 cm³/mol. The van der Waals surface area contributed by atoms with Gasteiger partial charge in [0.2, 0.25) is 0 Å². The summed E-state index contributed by atoms with van der Waals surface area (Å²) in [6.07, 6.45) is 2.61. The van der Waals surface area contributed by atoms with E-state index < -0.39 is 0 Å². The summed E-state index contributed by atoms with van der Waals surface area (Å²) in [7, 11) is 0. The summed E-state index contributed by atoms with van der Waals surface area (Å²) in [4.78, 5) is 15.1. The normalized spacial score (nSPS) is 20.9. The average molecular weight is 322 g/mol. The van der Waals surface area contributed by atoms with Gasteiger partial charge in [0.25, 0.3) is 5.91 Å². The third-order valence-electron chi connectivity index (χ3n) is 4.80. The highest BCUT2D eigenvalue weighted by Crippen LogP contribution is 2.23. The molecule has 2 atom stereocenters. The van der Waals surface area contributed by atoms with Crippen LogP contribution >= 0.6 is 0 Å². The van der Waals surface area contributed by atoms with Gasteiger partial charge < -0.3 is 10.6 Å². The first-order chi connectivity index (χ1) is 11.5. The fraction of sp³-hybridized carbons (Fsp3) is 0.381. The van der Waals surface area contributed by atoms with Gasteiger partial charge in [-0.3, -0.25) is 4.79 Å². The molecule has 3 heteroatoms. The lowest BCUT2D eigenvalue weighted by molar-refractivity contribution is 0.0595. The molecule has 1 unspecified atom stereocenters. The van der Waals surface area contributed by atoms with Crippen LogP contribution in [0.15, 0.2) is 48.5 Å². The summed E-state index contributed by atoms with van der Waals surface area (Å²) in [5.74, 6) is 0.134. The van der Waals surface area contributed by atoms with Gasteiger partial charge in [0.1, 0.15) is 0 Å². The van der Waals surface area contributed by atoms with Crippen molar-refractivity contribution in [1.82, 2.24) is 4.90 Å². The predicted octanol–water partition coefficient (Wildman–Crippen LogP) is 3.48. The molecule has 1 heterocycles. The number of carbonyl (C=O) groups is 1. The van der Waals surface area contributed by atoms with Crippen LogP contribution in [0, 0.1) is 13.8 Å². The van der Waals surface area contributed by atoms with Crippen molar-refractivity contribution in [3.63, 3.8) is 0 Å². The molecule has 1 saturated heterocycles. The molecular formula is C21H26N2O. The number of carbonyl (C=O) groups excluding carboxylic acids is 1. The van der Waals surface area contributed by atoms with E-state index in [9.17, 15) is 4.79 Å². The summed E-state index contributed by atoms with van der Waals surface area (Å²) >= 11 is 0. The van der Waals surface area contributed by atoms with Crippen LogP contribution in [-0.2, 0) is 6.42 Å². The van der Waals surface area contributed by atoms with Crippen molar-refractivity contribution in [3.8, 4) is 0 Å². The van der Waals surface area contributed by atoms with Gasteiger partial charge >= 0.3 is 0 Å². The Kier molecular flexibility index (Phi) is 5.00. The molecule has 0 spiro atoms. The Morgan fingerprint density at radius 1 is 1.12 bits per heavy atom. The zero-order chi connectivity index (χ0) is 17.1. The first-order valence-corrected chi connectivity index (χ1v) is 8.71. The third kappa shape index (κ3) is 3.85. The molecule has 2 aromatic rings. The SMILES string of the molecule is Cc1cc(C)cc(C(=O)N2CC[C@H](N)CC2Cc2ccccc2)c1. The molecule has 126 valence electrons. The van der Waals surface area contributed by atoms with E-state index >= 15 is 0 Å². The number of hydrogen-bond acceptors (Lipinski definition) is 2. The second-order valence-electron chi connectivity index (χ2n) is 7.00. The van der Waals surface area contributed by atoms with E-state index in [2.05, 4.69) is 18.2 Å². The fourth-order valence-electron chi connectivity index (χ4n) is 3.69. The van der Waals surface area contributed by atoms with Crippen LogP contribution < -0.4 is 5.73 Å². The average Bonchev–Trinajstić information content (AvgIpc) is 2.54. The number of nitrogens with two attached hydrogens (primary N) is 1. The van der Waals surface area contributed by atoms with Crippen LogP contribution in [0.4, 0.5) is 0 Å². The lowest BCUT2D eigenvalue weighted by atomic mass is 9.91. The Morgan fingerprint density at radius 2 is 1.79 bits per heavy atom. The van der Waals surface area contributed by atoms with Crippen molar-refractivity contribution in [2.24, 2.45) is 5.73 Å². The topological polar surface area (TPSA) is 46.3 Å². The van der Waals surface area contributed by atoms with E-state index in [1.807, 2.05) is 49.1 Å². The Balaban J connectivity index is 1.84. The highest BCUT2D eigenvalue weighted by atomic mass is 16.2. The molecule has 0 saturated carbocycles. The van der Waals surface area contributed by atoms with Crippen molar-refractivity contribution < 1.29 is 4.79 Å². The van der Waals surface area contributed by atoms with Gasteiger partial charge in [-0.2, -0.15) is 0 Å². The van der Waals surface area contributed by atoms with Gasteiger partial charge in [0, 0.05) is 24.2 Å². The number of hydrogen-bond donors (Lipinski definition) is 1. The van der Waals surface area contributed by atoms with Gasteiger partial charge in [0.15, 0.2) is 0 Å². The number of piperidine rings is 1. The van der Waals surface area contributed by atoms with Gasteiger partial charge in [-0.15, -0.1) is 0 Å². The molecule has 0 aromatic heterocycles. The summed E-state index contributed by atoms with van der Waals surface area (Å²) in [6.45, 7) is 4.82. The molecule has 1 fully saturated rings. The number of aryl methyl sites for hydroxylation is 2. The lowest BCUT2D eigenvalue weighted by Gasteiger charge is -2.38. The zero-order valence-corrected chi connectivity index (χ0v) is 14.5. The molecule has 3 nitrogen and oxygen atoms in total. The molecule has 24 heavy (non-hydrogen) atoms. The van der Waals surface area contributed by atoms with E-state index in [-0.39, 0.29) is 18.0 Å². The van der Waals surface area contributed by atoms with Crippen molar-refractivity contribution >= 4 is 5.91 Å². The van der Waals surface area contributed by atoms with Crippen molar-refractivity contribution in [1.29, 1.82) is 0 Å². The summed E-state index contributed by atoms with van der Waals surface area (Å²) < 4.78 is 0. The molecule has 0 bridgehead atoms. The van der Waals surface area contributed by atoms with Crippen LogP contribution in [0.25, 0.3) is 0 Å². The lowest BCUT2D eigenvalue weighted by Crippen LogP contribution is -2.50.